The maximum absolute atomic E-state index is 5.16. The zero-order valence-electron chi connectivity index (χ0n) is 33.6. The van der Waals surface area contributed by atoms with Crippen LogP contribution in [0.15, 0.2) is 224 Å². The number of nitrogens with zero attached hydrogens (tertiary/aromatic N) is 5. The van der Waals surface area contributed by atoms with E-state index in [2.05, 4.69) is 140 Å². The molecule has 5 heteroatoms. The first-order valence-electron chi connectivity index (χ1n) is 20.8. The van der Waals surface area contributed by atoms with E-state index in [0.29, 0.717) is 23.3 Å². The van der Waals surface area contributed by atoms with Crippen LogP contribution in [0.1, 0.15) is 0 Å². The molecule has 0 atom stereocenters. The Balaban J connectivity index is 1.04. The molecule has 0 aliphatic rings. The van der Waals surface area contributed by atoms with Crippen LogP contribution in [0.5, 0.6) is 0 Å². The number of hydrogen-bond donors (Lipinski definition) is 0. The number of fused-ring (bicyclic) bond motifs is 2. The molecule has 2 heterocycles. The third kappa shape index (κ3) is 6.97. The molecule has 62 heavy (non-hydrogen) atoms. The maximum atomic E-state index is 5.16. The minimum Gasteiger partial charge on any atom is -0.228 e. The Kier molecular flexibility index (Phi) is 9.45. The van der Waals surface area contributed by atoms with E-state index < -0.39 is 0 Å². The zero-order valence-corrected chi connectivity index (χ0v) is 33.6. The molecule has 0 radical (unpaired) electrons. The first-order valence-corrected chi connectivity index (χ1v) is 20.8. The van der Waals surface area contributed by atoms with Crippen LogP contribution in [-0.4, -0.2) is 24.9 Å². The van der Waals surface area contributed by atoms with Crippen LogP contribution in [0.4, 0.5) is 0 Å². The summed E-state index contributed by atoms with van der Waals surface area (Å²) in [5.74, 6) is 2.61. The molecule has 0 fully saturated rings. The highest BCUT2D eigenvalue weighted by atomic mass is 15.0. The molecule has 0 saturated carbocycles. The van der Waals surface area contributed by atoms with Gasteiger partial charge in [-0.3, -0.25) is 0 Å². The van der Waals surface area contributed by atoms with Gasteiger partial charge >= 0.3 is 0 Å². The standard InChI is InChI=1S/C57H37N5/c1-4-17-42(18-5-1)54-58-51-29-13-12-25-50(51)53(59-54)41-34-32-40(33-35-41)52-47(26-15-28-49(52)48-27-14-23-38-16-10-11-24-46(38)48)39-30-36-45(37-31-39)57-61-55(43-19-6-2-7-20-43)60-56(62-57)44-21-8-3-9-22-44/h1-37H. The second-order valence-electron chi connectivity index (χ2n) is 15.2. The van der Waals surface area contributed by atoms with Crippen molar-refractivity contribution in [2.45, 2.75) is 0 Å². The minimum atomic E-state index is 0.622. The third-order valence-corrected chi connectivity index (χ3v) is 11.4. The quantitative estimate of drug-likeness (QED) is 0.153. The van der Waals surface area contributed by atoms with Crippen molar-refractivity contribution in [1.29, 1.82) is 0 Å². The molecular formula is C57H37N5. The van der Waals surface area contributed by atoms with Gasteiger partial charge in [0.2, 0.25) is 0 Å². The van der Waals surface area contributed by atoms with Crippen molar-refractivity contribution in [3.05, 3.63) is 224 Å². The van der Waals surface area contributed by atoms with Crippen LogP contribution in [0.3, 0.4) is 0 Å². The number of benzene rings is 9. The fraction of sp³-hybridized carbons (Fsp3) is 0. The summed E-state index contributed by atoms with van der Waals surface area (Å²) >= 11 is 0. The highest BCUT2D eigenvalue weighted by molar-refractivity contribution is 6.04. The van der Waals surface area contributed by atoms with Crippen LogP contribution in [0, 0.1) is 0 Å². The van der Waals surface area contributed by atoms with Crippen LogP contribution in [0.25, 0.3) is 112 Å². The lowest BCUT2D eigenvalue weighted by Gasteiger charge is -2.18. The van der Waals surface area contributed by atoms with Crippen molar-refractivity contribution in [3.63, 3.8) is 0 Å². The van der Waals surface area contributed by atoms with E-state index in [0.717, 1.165) is 72.2 Å². The van der Waals surface area contributed by atoms with Gasteiger partial charge < -0.3 is 0 Å². The summed E-state index contributed by atoms with van der Waals surface area (Å²) in [7, 11) is 0. The van der Waals surface area contributed by atoms with Crippen molar-refractivity contribution in [2.75, 3.05) is 0 Å². The van der Waals surface area contributed by atoms with Gasteiger partial charge in [0.25, 0.3) is 0 Å². The third-order valence-electron chi connectivity index (χ3n) is 11.4. The van der Waals surface area contributed by atoms with Crippen molar-refractivity contribution >= 4 is 21.7 Å². The Morgan fingerprint density at radius 3 is 1.27 bits per heavy atom. The van der Waals surface area contributed by atoms with Crippen molar-refractivity contribution in [3.8, 4) is 90.2 Å². The summed E-state index contributed by atoms with van der Waals surface area (Å²) in [6, 6.07) is 77.9. The lowest BCUT2D eigenvalue weighted by molar-refractivity contribution is 1.07. The number of aromatic nitrogens is 5. The zero-order chi connectivity index (χ0) is 41.2. The molecule has 11 rings (SSSR count). The van der Waals surface area contributed by atoms with Gasteiger partial charge in [0.1, 0.15) is 0 Å². The lowest BCUT2D eigenvalue weighted by Crippen LogP contribution is -2.00. The predicted octanol–water partition coefficient (Wildman–Crippen LogP) is 14.3. The van der Waals surface area contributed by atoms with Crippen molar-refractivity contribution in [1.82, 2.24) is 24.9 Å². The van der Waals surface area contributed by atoms with E-state index >= 15 is 0 Å². The van der Waals surface area contributed by atoms with Crippen molar-refractivity contribution in [2.24, 2.45) is 0 Å². The van der Waals surface area contributed by atoms with Crippen LogP contribution in [0.2, 0.25) is 0 Å². The Labute approximate surface area is 359 Å². The summed E-state index contributed by atoms with van der Waals surface area (Å²) in [6.45, 7) is 0. The van der Waals surface area contributed by atoms with Crippen LogP contribution in [-0.2, 0) is 0 Å². The SMILES string of the molecule is c1ccc(-c2nc(-c3ccccc3)nc(-c3ccc(-c4cccc(-c5cccc6ccccc56)c4-c4ccc(-c5nc(-c6ccccc6)nc6ccccc56)cc4)cc3)n2)cc1. The molecule has 2 aromatic heterocycles. The van der Waals surface area contributed by atoms with E-state index in [4.69, 9.17) is 24.9 Å². The topological polar surface area (TPSA) is 64.5 Å². The van der Waals surface area contributed by atoms with Gasteiger partial charge in [0.05, 0.1) is 11.2 Å². The minimum absolute atomic E-state index is 0.622. The average molecular weight is 792 g/mol. The fourth-order valence-electron chi connectivity index (χ4n) is 8.33. The Hall–Kier alpha value is -8.41. The summed E-state index contributed by atoms with van der Waals surface area (Å²) in [5, 5.41) is 3.43. The van der Waals surface area contributed by atoms with E-state index in [1.54, 1.807) is 0 Å². The molecule has 0 saturated heterocycles. The van der Waals surface area contributed by atoms with Gasteiger partial charge in [-0.05, 0) is 50.2 Å². The molecule has 0 bridgehead atoms. The maximum Gasteiger partial charge on any atom is 0.164 e. The summed E-state index contributed by atoms with van der Waals surface area (Å²) in [5.41, 5.74) is 13.4. The van der Waals surface area contributed by atoms with E-state index in [1.807, 2.05) is 84.9 Å². The monoisotopic (exact) mass is 791 g/mol. The van der Waals surface area contributed by atoms with E-state index in [9.17, 15) is 0 Å². The number of hydrogen-bond acceptors (Lipinski definition) is 5. The number of rotatable bonds is 8. The Morgan fingerprint density at radius 1 is 0.226 bits per heavy atom. The van der Waals surface area contributed by atoms with Gasteiger partial charge in [-0.25, -0.2) is 24.9 Å². The molecule has 5 nitrogen and oxygen atoms in total. The number of para-hydroxylation sites is 1. The van der Waals surface area contributed by atoms with E-state index in [-0.39, 0.29) is 0 Å². The van der Waals surface area contributed by atoms with Gasteiger partial charge in [0.15, 0.2) is 23.3 Å². The predicted molar refractivity (Wildman–Crippen MR) is 254 cm³/mol. The van der Waals surface area contributed by atoms with Gasteiger partial charge in [-0.2, -0.15) is 0 Å². The van der Waals surface area contributed by atoms with E-state index in [1.165, 1.54) is 16.3 Å². The fourth-order valence-corrected chi connectivity index (χ4v) is 8.33. The normalized spacial score (nSPS) is 11.2. The van der Waals surface area contributed by atoms with Crippen LogP contribution < -0.4 is 0 Å². The first kappa shape index (κ1) is 36.7. The molecule has 0 aliphatic heterocycles. The second-order valence-corrected chi connectivity index (χ2v) is 15.2. The first-order chi connectivity index (χ1) is 30.7. The summed E-state index contributed by atoms with van der Waals surface area (Å²) in [6.07, 6.45) is 0. The molecule has 11 aromatic rings. The molecule has 0 N–H and O–H groups in total. The van der Waals surface area contributed by atoms with Gasteiger partial charge in [-0.1, -0.05) is 218 Å². The Bertz CT molecular complexity index is 3310. The Morgan fingerprint density at radius 2 is 0.645 bits per heavy atom. The van der Waals surface area contributed by atoms with Gasteiger partial charge in [0, 0.05) is 33.2 Å². The molecular weight excluding hydrogens is 755 g/mol. The van der Waals surface area contributed by atoms with Crippen molar-refractivity contribution < 1.29 is 0 Å². The molecule has 0 aliphatic carbocycles. The largest absolute Gasteiger partial charge is 0.228 e. The molecule has 290 valence electrons. The average Bonchev–Trinajstić information content (AvgIpc) is 3.36. The molecule has 0 unspecified atom stereocenters. The molecule has 9 aromatic carbocycles. The van der Waals surface area contributed by atoms with Gasteiger partial charge in [-0.15, -0.1) is 0 Å². The smallest absolute Gasteiger partial charge is 0.164 e. The highest BCUT2D eigenvalue weighted by Crippen LogP contribution is 2.43. The summed E-state index contributed by atoms with van der Waals surface area (Å²) < 4.78 is 0. The second kappa shape index (κ2) is 16.0. The highest BCUT2D eigenvalue weighted by Gasteiger charge is 2.19. The molecule has 0 amide bonds. The lowest BCUT2D eigenvalue weighted by atomic mass is 9.85. The summed E-state index contributed by atoms with van der Waals surface area (Å²) in [4.78, 5) is 25.0. The molecule has 0 spiro atoms. The van der Waals surface area contributed by atoms with Crippen LogP contribution >= 0.6 is 0 Å².